The van der Waals surface area contributed by atoms with Crippen molar-refractivity contribution in [3.63, 3.8) is 0 Å². The maximum absolute atomic E-state index is 11.6. The van der Waals surface area contributed by atoms with Crippen LogP contribution in [0.25, 0.3) is 0 Å². The van der Waals surface area contributed by atoms with E-state index in [1.54, 1.807) is 0 Å². The van der Waals surface area contributed by atoms with Crippen LogP contribution in [0, 0.1) is 0 Å². The van der Waals surface area contributed by atoms with Gasteiger partial charge in [0.25, 0.3) is 0 Å². The van der Waals surface area contributed by atoms with Crippen LogP contribution in [0.3, 0.4) is 0 Å². The number of anilines is 1. The molecule has 1 saturated heterocycles. The first-order chi connectivity index (χ1) is 9.54. The number of aliphatic hydroxyl groups is 1. The number of ketones is 1. The highest BCUT2D eigenvalue weighted by Gasteiger charge is 2.31. The molecule has 1 aliphatic heterocycles. The Bertz CT molecular complexity index is 449. The van der Waals surface area contributed by atoms with Gasteiger partial charge in [-0.25, -0.2) is 0 Å². The van der Waals surface area contributed by atoms with Crippen molar-refractivity contribution in [1.82, 2.24) is 0 Å². The molecule has 110 valence electrons. The minimum Gasteiger partial charge on any atom is -0.388 e. The average molecular weight is 277 g/mol. The standard InChI is InChI=1S/C16H23NO3/c1-3-15(18)13-4-6-14(7-5-13)17(2)12-16(19)8-10-20-11-9-16/h4-7,19H,3,8-12H2,1-2H3. The molecule has 0 spiro atoms. The summed E-state index contributed by atoms with van der Waals surface area (Å²) in [6.07, 6.45) is 1.86. The molecule has 0 atom stereocenters. The lowest BCUT2D eigenvalue weighted by molar-refractivity contribution is -0.0572. The average Bonchev–Trinajstić information content (AvgIpc) is 2.47. The summed E-state index contributed by atoms with van der Waals surface area (Å²) in [6.45, 7) is 3.68. The second kappa shape index (κ2) is 6.37. The van der Waals surface area contributed by atoms with Gasteiger partial charge in [-0.1, -0.05) is 6.92 Å². The third kappa shape index (κ3) is 3.58. The van der Waals surface area contributed by atoms with Crippen LogP contribution in [0.5, 0.6) is 0 Å². The van der Waals surface area contributed by atoms with Gasteiger partial charge < -0.3 is 14.7 Å². The number of Topliss-reactive ketones (excluding diaryl/α,β-unsaturated/α-hetero) is 1. The predicted octanol–water partition coefficient (Wildman–Crippen LogP) is 2.26. The molecule has 1 aromatic rings. The Hall–Kier alpha value is -1.39. The lowest BCUT2D eigenvalue weighted by atomic mass is 9.93. The van der Waals surface area contributed by atoms with E-state index in [4.69, 9.17) is 4.74 Å². The van der Waals surface area contributed by atoms with Gasteiger partial charge >= 0.3 is 0 Å². The highest BCUT2D eigenvalue weighted by atomic mass is 16.5. The smallest absolute Gasteiger partial charge is 0.162 e. The molecule has 0 aliphatic carbocycles. The summed E-state index contributed by atoms with van der Waals surface area (Å²) in [4.78, 5) is 13.6. The molecule has 0 aromatic heterocycles. The van der Waals surface area contributed by atoms with E-state index in [1.165, 1.54) is 0 Å². The molecule has 0 unspecified atom stereocenters. The summed E-state index contributed by atoms with van der Waals surface area (Å²) >= 11 is 0. The summed E-state index contributed by atoms with van der Waals surface area (Å²) in [6, 6.07) is 7.58. The zero-order chi connectivity index (χ0) is 14.6. The fraction of sp³-hybridized carbons (Fsp3) is 0.562. The van der Waals surface area contributed by atoms with Crippen molar-refractivity contribution in [1.29, 1.82) is 0 Å². The van der Waals surface area contributed by atoms with Crippen LogP contribution < -0.4 is 4.90 Å². The van der Waals surface area contributed by atoms with Crippen molar-refractivity contribution in [2.45, 2.75) is 31.8 Å². The van der Waals surface area contributed by atoms with Gasteiger partial charge in [0.1, 0.15) is 0 Å². The van der Waals surface area contributed by atoms with E-state index in [-0.39, 0.29) is 5.78 Å². The Balaban J connectivity index is 2.01. The third-order valence-electron chi connectivity index (χ3n) is 3.91. The number of nitrogens with zero attached hydrogens (tertiary/aromatic N) is 1. The van der Waals surface area contributed by atoms with Crippen LogP contribution in [0.4, 0.5) is 5.69 Å². The predicted molar refractivity (Wildman–Crippen MR) is 79.3 cm³/mol. The zero-order valence-corrected chi connectivity index (χ0v) is 12.3. The number of carbonyl (C=O) groups is 1. The number of hydrogen-bond acceptors (Lipinski definition) is 4. The van der Waals surface area contributed by atoms with Crippen LogP contribution in [-0.4, -0.2) is 43.3 Å². The van der Waals surface area contributed by atoms with Crippen LogP contribution in [0.2, 0.25) is 0 Å². The highest BCUT2D eigenvalue weighted by Crippen LogP contribution is 2.24. The van der Waals surface area contributed by atoms with E-state index in [9.17, 15) is 9.90 Å². The summed E-state index contributed by atoms with van der Waals surface area (Å²) in [5.74, 6) is 0.155. The van der Waals surface area contributed by atoms with Crippen molar-refractivity contribution >= 4 is 11.5 Å². The summed E-state index contributed by atoms with van der Waals surface area (Å²) in [7, 11) is 1.96. The van der Waals surface area contributed by atoms with Crippen molar-refractivity contribution in [2.24, 2.45) is 0 Å². The molecule has 0 radical (unpaired) electrons. The molecule has 0 amide bonds. The SMILES string of the molecule is CCC(=O)c1ccc(N(C)CC2(O)CCOCC2)cc1. The number of ether oxygens (including phenoxy) is 1. The fourth-order valence-electron chi connectivity index (χ4n) is 2.55. The number of likely N-dealkylation sites (N-methyl/N-ethyl adjacent to an activating group) is 1. The molecule has 0 saturated carbocycles. The van der Waals surface area contributed by atoms with E-state index < -0.39 is 5.60 Å². The van der Waals surface area contributed by atoms with Crippen molar-refractivity contribution < 1.29 is 14.6 Å². The molecular formula is C16H23NO3. The molecule has 1 fully saturated rings. The second-order valence-corrected chi connectivity index (χ2v) is 5.52. The Morgan fingerprint density at radius 2 is 1.90 bits per heavy atom. The fourth-order valence-corrected chi connectivity index (χ4v) is 2.55. The number of benzene rings is 1. The number of hydrogen-bond donors (Lipinski definition) is 1. The first kappa shape index (κ1) is 15.0. The quantitative estimate of drug-likeness (QED) is 0.839. The molecule has 1 aliphatic rings. The maximum Gasteiger partial charge on any atom is 0.162 e. The third-order valence-corrected chi connectivity index (χ3v) is 3.91. The van der Waals surface area contributed by atoms with Crippen LogP contribution in [0.15, 0.2) is 24.3 Å². The van der Waals surface area contributed by atoms with Crippen molar-refractivity contribution in [2.75, 3.05) is 31.7 Å². The van der Waals surface area contributed by atoms with Crippen LogP contribution in [0.1, 0.15) is 36.5 Å². The van der Waals surface area contributed by atoms with Crippen molar-refractivity contribution in [3.8, 4) is 0 Å². The first-order valence-electron chi connectivity index (χ1n) is 7.18. The monoisotopic (exact) mass is 277 g/mol. The minimum atomic E-state index is -0.676. The normalized spacial score (nSPS) is 17.8. The molecule has 2 rings (SSSR count). The van der Waals surface area contributed by atoms with Gasteiger partial charge in [0.05, 0.1) is 5.60 Å². The van der Waals surface area contributed by atoms with Gasteiger partial charge in [-0.05, 0) is 24.3 Å². The first-order valence-corrected chi connectivity index (χ1v) is 7.18. The van der Waals surface area contributed by atoms with E-state index in [0.717, 1.165) is 11.3 Å². The zero-order valence-electron chi connectivity index (χ0n) is 12.3. The van der Waals surface area contributed by atoms with E-state index in [1.807, 2.05) is 43.1 Å². The summed E-state index contributed by atoms with van der Waals surface area (Å²) < 4.78 is 5.29. The Morgan fingerprint density at radius 1 is 1.30 bits per heavy atom. The lowest BCUT2D eigenvalue weighted by Crippen LogP contribution is -2.45. The van der Waals surface area contributed by atoms with Gasteiger partial charge in [-0.15, -0.1) is 0 Å². The Labute approximate surface area is 120 Å². The largest absolute Gasteiger partial charge is 0.388 e. The molecule has 20 heavy (non-hydrogen) atoms. The van der Waals surface area contributed by atoms with Crippen molar-refractivity contribution in [3.05, 3.63) is 29.8 Å². The van der Waals surface area contributed by atoms with Gasteiger partial charge in [0.15, 0.2) is 5.78 Å². The maximum atomic E-state index is 11.6. The Kier molecular flexibility index (Phi) is 4.78. The number of rotatable bonds is 5. The molecule has 0 bridgehead atoms. The van der Waals surface area contributed by atoms with Gasteiger partial charge in [0.2, 0.25) is 0 Å². The minimum absolute atomic E-state index is 0.155. The molecule has 4 heteroatoms. The van der Waals surface area contributed by atoms with Gasteiger partial charge in [-0.3, -0.25) is 4.79 Å². The van der Waals surface area contributed by atoms with E-state index in [2.05, 4.69) is 0 Å². The molecule has 1 N–H and O–H groups in total. The van der Waals surface area contributed by atoms with E-state index >= 15 is 0 Å². The lowest BCUT2D eigenvalue weighted by Gasteiger charge is -2.36. The number of carbonyl (C=O) groups excluding carboxylic acids is 1. The van der Waals surface area contributed by atoms with E-state index in [0.29, 0.717) is 39.0 Å². The molecule has 4 nitrogen and oxygen atoms in total. The summed E-state index contributed by atoms with van der Waals surface area (Å²) in [5.41, 5.74) is 1.08. The highest BCUT2D eigenvalue weighted by molar-refractivity contribution is 5.96. The Morgan fingerprint density at radius 3 is 2.45 bits per heavy atom. The topological polar surface area (TPSA) is 49.8 Å². The molecule has 1 heterocycles. The second-order valence-electron chi connectivity index (χ2n) is 5.52. The van der Waals surface area contributed by atoms with Gasteiger partial charge in [-0.2, -0.15) is 0 Å². The van der Waals surface area contributed by atoms with Crippen LogP contribution in [-0.2, 0) is 4.74 Å². The van der Waals surface area contributed by atoms with Crippen LogP contribution >= 0.6 is 0 Å². The summed E-state index contributed by atoms with van der Waals surface area (Å²) in [5, 5.41) is 10.5. The molecular weight excluding hydrogens is 254 g/mol. The van der Waals surface area contributed by atoms with Gasteiger partial charge in [0, 0.05) is 57.3 Å². The molecule has 1 aromatic carbocycles.